The number of nitrogens with one attached hydrogen (secondary N) is 2. The van der Waals surface area contributed by atoms with Crippen LogP contribution in [0.25, 0.3) is 11.1 Å². The van der Waals surface area contributed by atoms with Crippen LogP contribution in [-0.2, 0) is 4.79 Å². The Balaban J connectivity index is 2.32. The molecule has 1 amide bonds. The first-order chi connectivity index (χ1) is 12.0. The van der Waals surface area contributed by atoms with E-state index in [-0.39, 0.29) is 11.5 Å². The molecule has 0 atom stereocenters. The third-order valence-electron chi connectivity index (χ3n) is 3.17. The molecule has 128 valence electrons. The molecule has 6 N–H and O–H groups in total. The molecule has 0 aliphatic carbocycles. The van der Waals surface area contributed by atoms with Crippen molar-refractivity contribution in [2.75, 3.05) is 6.54 Å². The van der Waals surface area contributed by atoms with Gasteiger partial charge in [-0.05, 0) is 17.7 Å². The average molecular weight is 342 g/mol. The normalized spacial score (nSPS) is 11.0. The summed E-state index contributed by atoms with van der Waals surface area (Å²) in [6.45, 7) is -0.582. The monoisotopic (exact) mass is 342 g/mol. The van der Waals surface area contributed by atoms with E-state index < -0.39 is 24.2 Å². The Morgan fingerprint density at radius 1 is 1.28 bits per heavy atom. The fraction of sp³-hybridized carbons (Fsp3) is 0.0667. The predicted molar refractivity (Wildman–Crippen MR) is 87.2 cm³/mol. The van der Waals surface area contributed by atoms with Crippen molar-refractivity contribution in [1.29, 1.82) is 5.53 Å². The summed E-state index contributed by atoms with van der Waals surface area (Å²) in [6, 6.07) is 8.03. The topological polar surface area (TPSA) is 174 Å². The van der Waals surface area contributed by atoms with E-state index in [0.29, 0.717) is 16.7 Å². The third kappa shape index (κ3) is 4.13. The fourth-order valence-electron chi connectivity index (χ4n) is 2.03. The number of amides is 1. The number of carboxylic acid groups (broad SMARTS) is 1. The van der Waals surface area contributed by atoms with Crippen molar-refractivity contribution >= 4 is 17.7 Å². The van der Waals surface area contributed by atoms with E-state index in [9.17, 15) is 14.7 Å². The van der Waals surface area contributed by atoms with E-state index in [4.69, 9.17) is 16.5 Å². The van der Waals surface area contributed by atoms with E-state index in [1.807, 2.05) is 0 Å². The lowest BCUT2D eigenvalue weighted by Crippen LogP contribution is -2.29. The van der Waals surface area contributed by atoms with Crippen LogP contribution in [0.1, 0.15) is 16.1 Å². The molecular weight excluding hydrogens is 328 g/mol. The second-order valence-electron chi connectivity index (χ2n) is 4.81. The Labute approximate surface area is 141 Å². The SMILES string of the molecule is N=N/C(=N\N)c1cccc(-c2cnc(C(=O)NCC(=O)O)c(O)c2)c1. The van der Waals surface area contributed by atoms with Crippen molar-refractivity contribution in [3.8, 4) is 16.9 Å². The fourth-order valence-corrected chi connectivity index (χ4v) is 2.03. The van der Waals surface area contributed by atoms with Crippen molar-refractivity contribution in [3.63, 3.8) is 0 Å². The highest BCUT2D eigenvalue weighted by molar-refractivity contribution is 6.00. The summed E-state index contributed by atoms with van der Waals surface area (Å²) in [5.41, 5.74) is 8.36. The van der Waals surface area contributed by atoms with E-state index in [1.165, 1.54) is 12.3 Å². The second kappa shape index (κ2) is 7.64. The standard InChI is InChI=1S/C15H14N6O4/c16-20-14(21-17)9-3-1-2-8(4-9)10-5-11(22)13(18-6-10)15(25)19-7-12(23)24/h1-6,16,22H,7,17H2,(H,19,25)(H,23,24)/b20-16?,21-14-. The van der Waals surface area contributed by atoms with Crippen LogP contribution in [-0.4, -0.2) is 39.5 Å². The lowest BCUT2D eigenvalue weighted by Gasteiger charge is -2.08. The number of carboxylic acids is 1. The summed E-state index contributed by atoms with van der Waals surface area (Å²) in [5.74, 6) is 2.79. The van der Waals surface area contributed by atoms with Crippen molar-refractivity contribution in [2.24, 2.45) is 16.1 Å². The van der Waals surface area contributed by atoms with Crippen molar-refractivity contribution in [2.45, 2.75) is 0 Å². The molecule has 2 aromatic rings. The van der Waals surface area contributed by atoms with Crippen LogP contribution in [0, 0.1) is 5.53 Å². The molecule has 2 rings (SSSR count). The molecule has 0 fully saturated rings. The first kappa shape index (κ1) is 17.5. The quantitative estimate of drug-likeness (QED) is 0.177. The number of amidine groups is 1. The van der Waals surface area contributed by atoms with Crippen molar-refractivity contribution < 1.29 is 19.8 Å². The summed E-state index contributed by atoms with van der Waals surface area (Å²) in [4.78, 5) is 26.1. The summed E-state index contributed by atoms with van der Waals surface area (Å²) in [5, 5.41) is 27.3. The Kier molecular flexibility index (Phi) is 5.36. The highest BCUT2D eigenvalue weighted by Crippen LogP contribution is 2.25. The number of nitrogens with two attached hydrogens (primary N) is 1. The van der Waals surface area contributed by atoms with Gasteiger partial charge in [-0.2, -0.15) is 5.10 Å². The minimum atomic E-state index is -1.21. The molecule has 1 aromatic heterocycles. The van der Waals surface area contributed by atoms with Gasteiger partial charge in [0.05, 0.1) is 0 Å². The lowest BCUT2D eigenvalue weighted by atomic mass is 10.0. The van der Waals surface area contributed by atoms with Crippen LogP contribution in [0.15, 0.2) is 46.7 Å². The van der Waals surface area contributed by atoms with Gasteiger partial charge in [0.25, 0.3) is 5.91 Å². The van der Waals surface area contributed by atoms with Gasteiger partial charge in [-0.15, -0.1) is 5.11 Å². The van der Waals surface area contributed by atoms with Crippen LogP contribution in [0.5, 0.6) is 5.75 Å². The number of rotatable bonds is 5. The molecule has 0 radical (unpaired) electrons. The lowest BCUT2D eigenvalue weighted by molar-refractivity contribution is -0.135. The zero-order valence-corrected chi connectivity index (χ0v) is 12.8. The molecule has 1 heterocycles. The smallest absolute Gasteiger partial charge is 0.322 e. The van der Waals surface area contributed by atoms with Gasteiger partial charge in [0.15, 0.2) is 11.5 Å². The van der Waals surface area contributed by atoms with Crippen LogP contribution >= 0.6 is 0 Å². The minimum Gasteiger partial charge on any atom is -0.505 e. The van der Waals surface area contributed by atoms with Crippen molar-refractivity contribution in [1.82, 2.24) is 10.3 Å². The van der Waals surface area contributed by atoms with Gasteiger partial charge in [-0.1, -0.05) is 18.2 Å². The first-order valence-electron chi connectivity index (χ1n) is 6.91. The van der Waals surface area contributed by atoms with Gasteiger partial charge in [0, 0.05) is 17.3 Å². The summed E-state index contributed by atoms with van der Waals surface area (Å²) in [6.07, 6.45) is 1.35. The van der Waals surface area contributed by atoms with E-state index >= 15 is 0 Å². The zero-order valence-electron chi connectivity index (χ0n) is 12.8. The Morgan fingerprint density at radius 2 is 2.04 bits per heavy atom. The summed E-state index contributed by atoms with van der Waals surface area (Å²) >= 11 is 0. The number of hydrogen-bond donors (Lipinski definition) is 5. The molecule has 0 spiro atoms. The molecule has 0 bridgehead atoms. The van der Waals surface area contributed by atoms with Gasteiger partial charge in [-0.25, -0.2) is 10.5 Å². The maximum Gasteiger partial charge on any atom is 0.322 e. The Bertz CT molecular complexity index is 865. The Hall–Kier alpha value is -3.82. The summed E-state index contributed by atoms with van der Waals surface area (Å²) < 4.78 is 0. The maximum atomic E-state index is 11.8. The maximum absolute atomic E-state index is 11.8. The van der Waals surface area contributed by atoms with Crippen LogP contribution in [0.4, 0.5) is 0 Å². The molecule has 0 saturated heterocycles. The van der Waals surface area contributed by atoms with Crippen LogP contribution in [0.3, 0.4) is 0 Å². The molecule has 0 aliphatic rings. The van der Waals surface area contributed by atoms with E-state index in [0.717, 1.165) is 0 Å². The molecule has 0 aliphatic heterocycles. The number of carbonyl (C=O) groups is 2. The van der Waals surface area contributed by atoms with Gasteiger partial charge < -0.3 is 21.4 Å². The number of aromatic hydroxyl groups is 1. The second-order valence-corrected chi connectivity index (χ2v) is 4.81. The van der Waals surface area contributed by atoms with Crippen molar-refractivity contribution in [3.05, 3.63) is 47.8 Å². The number of hydrogen-bond acceptors (Lipinski definition) is 7. The first-order valence-corrected chi connectivity index (χ1v) is 6.91. The number of pyridine rings is 1. The van der Waals surface area contributed by atoms with Gasteiger partial charge in [0.1, 0.15) is 12.3 Å². The highest BCUT2D eigenvalue weighted by atomic mass is 16.4. The number of carbonyl (C=O) groups excluding carboxylic acids is 1. The molecule has 0 saturated carbocycles. The average Bonchev–Trinajstić information content (AvgIpc) is 2.61. The minimum absolute atomic E-state index is 0.0312. The number of nitrogens with zero attached hydrogens (tertiary/aromatic N) is 3. The number of aliphatic carboxylic acids is 1. The largest absolute Gasteiger partial charge is 0.505 e. The molecule has 10 heteroatoms. The highest BCUT2D eigenvalue weighted by Gasteiger charge is 2.15. The predicted octanol–water partition coefficient (Wildman–Crippen LogP) is 0.920. The number of aromatic nitrogens is 1. The van der Waals surface area contributed by atoms with Gasteiger partial charge in [-0.3, -0.25) is 9.59 Å². The molecule has 1 aromatic carbocycles. The molecular formula is C15H14N6O4. The van der Waals surface area contributed by atoms with E-state index in [2.05, 4.69) is 20.5 Å². The summed E-state index contributed by atoms with van der Waals surface area (Å²) in [7, 11) is 0. The van der Waals surface area contributed by atoms with Gasteiger partial charge >= 0.3 is 5.97 Å². The third-order valence-corrected chi connectivity index (χ3v) is 3.17. The van der Waals surface area contributed by atoms with Crippen LogP contribution < -0.4 is 11.2 Å². The number of hydrazone groups is 1. The zero-order chi connectivity index (χ0) is 18.4. The van der Waals surface area contributed by atoms with Crippen LogP contribution in [0.2, 0.25) is 0 Å². The Morgan fingerprint density at radius 3 is 2.64 bits per heavy atom. The van der Waals surface area contributed by atoms with Gasteiger partial charge in [0.2, 0.25) is 0 Å². The molecule has 10 nitrogen and oxygen atoms in total. The molecule has 0 unspecified atom stereocenters. The van der Waals surface area contributed by atoms with E-state index in [1.54, 1.807) is 24.3 Å². The number of benzene rings is 1. The molecule has 25 heavy (non-hydrogen) atoms.